The fourth-order valence-corrected chi connectivity index (χ4v) is 5.32. The highest BCUT2D eigenvalue weighted by Crippen LogP contribution is 2.38. The van der Waals surface area contributed by atoms with Crippen LogP contribution >= 0.6 is 0 Å². The van der Waals surface area contributed by atoms with Crippen LogP contribution in [0.15, 0.2) is 35.4 Å². The third kappa shape index (κ3) is 4.73. The number of benzene rings is 1. The van der Waals surface area contributed by atoms with E-state index in [9.17, 15) is 8.42 Å². The zero-order chi connectivity index (χ0) is 22.0. The summed E-state index contributed by atoms with van der Waals surface area (Å²) in [5.41, 5.74) is 14.0. The lowest BCUT2D eigenvalue weighted by Crippen LogP contribution is -2.26. The molecule has 1 fully saturated rings. The minimum atomic E-state index is -4.07. The molecule has 0 amide bonds. The lowest BCUT2D eigenvalue weighted by atomic mass is 9.83. The van der Waals surface area contributed by atoms with Crippen LogP contribution in [0.3, 0.4) is 0 Å². The molecule has 1 aliphatic rings. The van der Waals surface area contributed by atoms with Crippen LogP contribution in [0.25, 0.3) is 22.5 Å². The molecule has 31 heavy (non-hydrogen) atoms. The molecule has 0 unspecified atom stereocenters. The van der Waals surface area contributed by atoms with Gasteiger partial charge in [-0.15, -0.1) is 5.10 Å². The van der Waals surface area contributed by atoms with Gasteiger partial charge < -0.3 is 11.5 Å². The Morgan fingerprint density at radius 1 is 1.10 bits per heavy atom. The Balaban J connectivity index is 1.79. The Labute approximate surface area is 180 Å². The van der Waals surface area contributed by atoms with E-state index in [0.717, 1.165) is 32.1 Å². The number of anilines is 1. The molecule has 11 heteroatoms. The second kappa shape index (κ2) is 8.69. The number of sulfonamides is 1. The largest absolute Gasteiger partial charge is 0.384 e. The van der Waals surface area contributed by atoms with Gasteiger partial charge in [-0.3, -0.25) is 0 Å². The SMILES string of the molecule is Nc1ccc(-c2ccc(CCC3CCC(N)CC3)c(S(N)(=O)=O)c2-c2nnn[nH]2)cn1. The van der Waals surface area contributed by atoms with Crippen molar-refractivity contribution >= 4 is 15.8 Å². The molecule has 1 aromatic carbocycles. The maximum atomic E-state index is 12.7. The van der Waals surface area contributed by atoms with E-state index in [0.29, 0.717) is 40.4 Å². The number of pyridine rings is 1. The van der Waals surface area contributed by atoms with Crippen molar-refractivity contribution in [2.75, 3.05) is 5.73 Å². The lowest BCUT2D eigenvalue weighted by Gasteiger charge is -2.26. The predicted octanol–water partition coefficient (Wildman–Crippen LogP) is 1.61. The van der Waals surface area contributed by atoms with Crippen molar-refractivity contribution in [2.45, 2.75) is 49.5 Å². The number of rotatable bonds is 6. The van der Waals surface area contributed by atoms with Crippen LogP contribution < -0.4 is 16.6 Å². The van der Waals surface area contributed by atoms with Crippen LogP contribution in [0.1, 0.15) is 37.7 Å². The van der Waals surface area contributed by atoms with Gasteiger partial charge in [0.05, 0.1) is 4.90 Å². The van der Waals surface area contributed by atoms with Crippen molar-refractivity contribution < 1.29 is 8.42 Å². The summed E-state index contributed by atoms with van der Waals surface area (Å²) in [6.07, 6.45) is 7.15. The third-order valence-electron chi connectivity index (χ3n) is 5.92. The van der Waals surface area contributed by atoms with Gasteiger partial charge >= 0.3 is 0 Å². The number of nitrogens with two attached hydrogens (primary N) is 3. The highest BCUT2D eigenvalue weighted by atomic mass is 32.2. The van der Waals surface area contributed by atoms with E-state index in [1.807, 2.05) is 12.1 Å². The van der Waals surface area contributed by atoms with Gasteiger partial charge in [0.15, 0.2) is 5.82 Å². The summed E-state index contributed by atoms with van der Waals surface area (Å²) in [6.45, 7) is 0. The van der Waals surface area contributed by atoms with E-state index in [4.69, 9.17) is 16.6 Å². The monoisotopic (exact) mass is 442 g/mol. The number of nitrogens with zero attached hydrogens (tertiary/aromatic N) is 4. The molecule has 3 aromatic rings. The fourth-order valence-electron chi connectivity index (χ4n) is 4.29. The number of hydrogen-bond acceptors (Lipinski definition) is 8. The fraction of sp³-hybridized carbons (Fsp3) is 0.400. The van der Waals surface area contributed by atoms with Crippen molar-refractivity contribution in [1.29, 1.82) is 0 Å². The normalized spacial score (nSPS) is 19.4. The second-order valence-corrected chi connectivity index (χ2v) is 9.56. The molecule has 2 aromatic heterocycles. The Kier molecular flexibility index (Phi) is 5.99. The van der Waals surface area contributed by atoms with Crippen molar-refractivity contribution in [3.8, 4) is 22.5 Å². The van der Waals surface area contributed by atoms with Gasteiger partial charge in [0, 0.05) is 23.4 Å². The summed E-state index contributed by atoms with van der Waals surface area (Å²) >= 11 is 0. The highest BCUT2D eigenvalue weighted by molar-refractivity contribution is 7.89. The summed E-state index contributed by atoms with van der Waals surface area (Å²) in [5.74, 6) is 1.10. The summed E-state index contributed by atoms with van der Waals surface area (Å²) < 4.78 is 25.5. The van der Waals surface area contributed by atoms with Gasteiger partial charge in [0.25, 0.3) is 0 Å². The molecule has 0 bridgehead atoms. The van der Waals surface area contributed by atoms with Gasteiger partial charge in [-0.2, -0.15) is 0 Å². The number of nitrogens with one attached hydrogen (secondary N) is 1. The number of tetrazole rings is 1. The first-order chi connectivity index (χ1) is 14.8. The van der Waals surface area contributed by atoms with Gasteiger partial charge in [0.1, 0.15) is 5.82 Å². The molecule has 7 N–H and O–H groups in total. The Hall–Kier alpha value is -2.89. The molecular formula is C20H26N8O2S. The minimum Gasteiger partial charge on any atom is -0.384 e. The summed E-state index contributed by atoms with van der Waals surface area (Å²) in [6, 6.07) is 7.35. The average Bonchev–Trinajstić information content (AvgIpc) is 3.27. The van der Waals surface area contributed by atoms with Crippen LogP contribution in [0.5, 0.6) is 0 Å². The van der Waals surface area contributed by atoms with E-state index in [-0.39, 0.29) is 16.8 Å². The second-order valence-electron chi connectivity index (χ2n) is 8.06. The quantitative estimate of drug-likeness (QED) is 0.444. The molecule has 1 aliphatic carbocycles. The lowest BCUT2D eigenvalue weighted by molar-refractivity contribution is 0.310. The maximum absolute atomic E-state index is 12.7. The Morgan fingerprint density at radius 2 is 1.87 bits per heavy atom. The topological polar surface area (TPSA) is 180 Å². The summed E-state index contributed by atoms with van der Waals surface area (Å²) in [5, 5.41) is 19.6. The smallest absolute Gasteiger partial charge is 0.239 e. The van der Waals surface area contributed by atoms with Crippen LogP contribution in [0, 0.1) is 5.92 Å². The first-order valence-electron chi connectivity index (χ1n) is 10.2. The first kappa shape index (κ1) is 21.3. The van der Waals surface area contributed by atoms with Gasteiger partial charge in [-0.1, -0.05) is 12.1 Å². The standard InChI is InChI=1S/C20H26N8O2S/c21-15-7-2-12(3-8-15)1-4-13-5-9-16(14-6-10-17(22)24-11-14)18(19(13)31(23,29)30)20-25-27-28-26-20/h5-6,9-12,15H,1-4,7-8,21H2,(H2,22,24)(H2,23,29,30)(H,25,26,27,28). The van der Waals surface area contributed by atoms with E-state index >= 15 is 0 Å². The average molecular weight is 443 g/mol. The van der Waals surface area contributed by atoms with Crippen molar-refractivity contribution in [3.63, 3.8) is 0 Å². The maximum Gasteiger partial charge on any atom is 0.239 e. The summed E-state index contributed by atoms with van der Waals surface area (Å²) in [7, 11) is -4.07. The van der Waals surface area contributed by atoms with Gasteiger partial charge in [0.2, 0.25) is 10.0 Å². The molecule has 10 nitrogen and oxygen atoms in total. The summed E-state index contributed by atoms with van der Waals surface area (Å²) in [4.78, 5) is 4.16. The molecule has 0 aliphatic heterocycles. The number of aryl methyl sites for hydroxylation is 1. The minimum absolute atomic E-state index is 0.0351. The number of hydrogen-bond donors (Lipinski definition) is 4. The third-order valence-corrected chi connectivity index (χ3v) is 6.95. The molecule has 0 atom stereocenters. The number of nitrogen functional groups attached to an aromatic ring is 1. The van der Waals surface area contributed by atoms with E-state index in [1.54, 1.807) is 18.3 Å². The van der Waals surface area contributed by atoms with Gasteiger partial charge in [-0.25, -0.2) is 23.6 Å². The number of primary sulfonamides is 1. The van der Waals surface area contributed by atoms with Crippen LogP contribution in [0.2, 0.25) is 0 Å². The van der Waals surface area contributed by atoms with Crippen LogP contribution in [0.4, 0.5) is 5.82 Å². The van der Waals surface area contributed by atoms with Crippen molar-refractivity contribution in [3.05, 3.63) is 36.0 Å². The molecule has 0 saturated heterocycles. The number of H-pyrrole nitrogens is 1. The van der Waals surface area contributed by atoms with Crippen molar-refractivity contribution in [1.82, 2.24) is 25.6 Å². The van der Waals surface area contributed by atoms with E-state index in [2.05, 4.69) is 25.6 Å². The van der Waals surface area contributed by atoms with E-state index < -0.39 is 10.0 Å². The van der Waals surface area contributed by atoms with E-state index in [1.165, 1.54) is 0 Å². The van der Waals surface area contributed by atoms with Crippen molar-refractivity contribution in [2.24, 2.45) is 16.8 Å². The Morgan fingerprint density at radius 3 is 2.48 bits per heavy atom. The van der Waals surface area contributed by atoms with Crippen LogP contribution in [-0.4, -0.2) is 40.1 Å². The zero-order valence-electron chi connectivity index (χ0n) is 17.0. The molecule has 1 saturated carbocycles. The number of aromatic amines is 1. The molecular weight excluding hydrogens is 416 g/mol. The van der Waals surface area contributed by atoms with Crippen LogP contribution in [-0.2, 0) is 16.4 Å². The zero-order valence-corrected chi connectivity index (χ0v) is 17.8. The molecule has 2 heterocycles. The molecule has 0 radical (unpaired) electrons. The molecule has 4 rings (SSSR count). The predicted molar refractivity (Wildman–Crippen MR) is 117 cm³/mol. The highest BCUT2D eigenvalue weighted by Gasteiger charge is 2.27. The molecule has 0 spiro atoms. The van der Waals surface area contributed by atoms with Gasteiger partial charge in [-0.05, 0) is 78.1 Å². The molecule has 164 valence electrons. The first-order valence-corrected chi connectivity index (χ1v) is 11.8. The number of aromatic nitrogens is 5. The Bertz CT molecular complexity index is 1140.